The van der Waals surface area contributed by atoms with E-state index < -0.39 is 12.3 Å². The third-order valence-electron chi connectivity index (χ3n) is 5.62. The standard InChI is InChI=1S/C24H23F3N4O4/c25-24(26,27)35-18-7-5-17(6-8-18)29-21(32)14-34-19-3-1-2-15-4-9-20(30-22(15)19)31-12-10-16(11-13-31)23(28)33/h1-9,16H,10-14H2,(H2,28,33)(H,29,32). The number of hydrogen-bond acceptors (Lipinski definition) is 6. The molecule has 0 atom stereocenters. The second-order valence-corrected chi connectivity index (χ2v) is 8.07. The average molecular weight is 488 g/mol. The molecule has 0 unspecified atom stereocenters. The van der Waals surface area contributed by atoms with Crippen molar-refractivity contribution < 1.29 is 32.2 Å². The first-order valence-electron chi connectivity index (χ1n) is 10.9. The van der Waals surface area contributed by atoms with Gasteiger partial charge in [-0.05, 0) is 55.3 Å². The van der Waals surface area contributed by atoms with Crippen molar-refractivity contribution >= 4 is 34.2 Å². The van der Waals surface area contributed by atoms with E-state index in [1.54, 1.807) is 12.1 Å². The minimum atomic E-state index is -4.79. The second-order valence-electron chi connectivity index (χ2n) is 8.07. The summed E-state index contributed by atoms with van der Waals surface area (Å²) in [6.45, 7) is 0.991. The van der Waals surface area contributed by atoms with Crippen LogP contribution in [-0.4, -0.2) is 42.9 Å². The summed E-state index contributed by atoms with van der Waals surface area (Å²) in [7, 11) is 0. The summed E-state index contributed by atoms with van der Waals surface area (Å²) in [5, 5.41) is 3.39. The van der Waals surface area contributed by atoms with Crippen LogP contribution in [0, 0.1) is 5.92 Å². The van der Waals surface area contributed by atoms with E-state index in [0.29, 0.717) is 42.9 Å². The molecule has 2 amide bonds. The van der Waals surface area contributed by atoms with Gasteiger partial charge in [0.25, 0.3) is 5.91 Å². The molecule has 0 spiro atoms. The molecule has 8 nitrogen and oxygen atoms in total. The molecule has 184 valence electrons. The van der Waals surface area contributed by atoms with Gasteiger partial charge in [-0.3, -0.25) is 9.59 Å². The van der Waals surface area contributed by atoms with Crippen LogP contribution in [-0.2, 0) is 9.59 Å². The highest BCUT2D eigenvalue weighted by atomic mass is 19.4. The molecule has 1 aromatic heterocycles. The van der Waals surface area contributed by atoms with Gasteiger partial charge >= 0.3 is 6.36 Å². The van der Waals surface area contributed by atoms with E-state index in [0.717, 1.165) is 23.3 Å². The van der Waals surface area contributed by atoms with Crippen molar-refractivity contribution in [3.8, 4) is 11.5 Å². The Kier molecular flexibility index (Phi) is 6.94. The maximum absolute atomic E-state index is 12.3. The van der Waals surface area contributed by atoms with E-state index in [4.69, 9.17) is 15.5 Å². The Morgan fingerprint density at radius 2 is 1.77 bits per heavy atom. The smallest absolute Gasteiger partial charge is 0.481 e. The van der Waals surface area contributed by atoms with Gasteiger partial charge in [-0.1, -0.05) is 12.1 Å². The zero-order chi connectivity index (χ0) is 25.0. The number of ether oxygens (including phenoxy) is 2. The van der Waals surface area contributed by atoms with Gasteiger partial charge in [-0.15, -0.1) is 13.2 Å². The molecule has 1 aliphatic rings. The predicted molar refractivity (Wildman–Crippen MR) is 123 cm³/mol. The molecule has 1 fully saturated rings. The molecular weight excluding hydrogens is 465 g/mol. The minimum Gasteiger partial charge on any atom is -0.481 e. The minimum absolute atomic E-state index is 0.127. The fourth-order valence-electron chi connectivity index (χ4n) is 3.88. The molecule has 2 heterocycles. The maximum atomic E-state index is 12.3. The molecule has 1 saturated heterocycles. The Bertz CT molecular complexity index is 1210. The number of nitrogens with two attached hydrogens (primary N) is 1. The van der Waals surface area contributed by atoms with Crippen molar-refractivity contribution in [2.45, 2.75) is 19.2 Å². The molecule has 0 saturated carbocycles. The lowest BCUT2D eigenvalue weighted by Crippen LogP contribution is -2.38. The van der Waals surface area contributed by atoms with E-state index in [1.165, 1.54) is 12.1 Å². The van der Waals surface area contributed by atoms with Crippen LogP contribution in [0.5, 0.6) is 11.5 Å². The second kappa shape index (κ2) is 10.1. The molecule has 0 bridgehead atoms. The van der Waals surface area contributed by atoms with Crippen molar-refractivity contribution in [3.63, 3.8) is 0 Å². The Morgan fingerprint density at radius 1 is 1.06 bits per heavy atom. The summed E-state index contributed by atoms with van der Waals surface area (Å²) in [6, 6.07) is 14.0. The van der Waals surface area contributed by atoms with Crippen molar-refractivity contribution in [1.82, 2.24) is 4.98 Å². The van der Waals surface area contributed by atoms with Crippen molar-refractivity contribution in [2.24, 2.45) is 11.7 Å². The highest BCUT2D eigenvalue weighted by Gasteiger charge is 2.31. The van der Waals surface area contributed by atoms with Crippen LogP contribution in [0.1, 0.15) is 12.8 Å². The fraction of sp³-hybridized carbons (Fsp3) is 0.292. The van der Waals surface area contributed by atoms with Gasteiger partial charge in [0, 0.05) is 30.1 Å². The molecule has 4 rings (SSSR count). The van der Waals surface area contributed by atoms with E-state index >= 15 is 0 Å². The number of rotatable bonds is 7. The SMILES string of the molecule is NC(=O)C1CCN(c2ccc3cccc(OCC(=O)Nc4ccc(OC(F)(F)F)cc4)c3n2)CC1. The highest BCUT2D eigenvalue weighted by Crippen LogP contribution is 2.29. The normalized spacial score (nSPS) is 14.5. The average Bonchev–Trinajstić information content (AvgIpc) is 2.83. The maximum Gasteiger partial charge on any atom is 0.573 e. The number of para-hydroxylation sites is 1. The number of carbonyl (C=O) groups is 2. The van der Waals surface area contributed by atoms with Gasteiger partial charge in [0.1, 0.15) is 22.8 Å². The number of nitrogens with zero attached hydrogens (tertiary/aromatic N) is 2. The number of piperidine rings is 1. The lowest BCUT2D eigenvalue weighted by Gasteiger charge is -2.31. The molecule has 2 aromatic carbocycles. The topological polar surface area (TPSA) is 107 Å². The summed E-state index contributed by atoms with van der Waals surface area (Å²) in [5.41, 5.74) is 6.30. The summed E-state index contributed by atoms with van der Waals surface area (Å²) >= 11 is 0. The van der Waals surface area contributed by atoms with Crippen LogP contribution in [0.25, 0.3) is 10.9 Å². The van der Waals surface area contributed by atoms with E-state index in [-0.39, 0.29) is 24.2 Å². The van der Waals surface area contributed by atoms with Crippen LogP contribution < -0.4 is 25.4 Å². The Labute approximate surface area is 198 Å². The van der Waals surface area contributed by atoms with Gasteiger partial charge in [0.05, 0.1) is 0 Å². The fourth-order valence-corrected chi connectivity index (χ4v) is 3.88. The monoisotopic (exact) mass is 488 g/mol. The molecule has 3 aromatic rings. The third-order valence-corrected chi connectivity index (χ3v) is 5.62. The largest absolute Gasteiger partial charge is 0.573 e. The van der Waals surface area contributed by atoms with Crippen molar-refractivity contribution in [3.05, 3.63) is 54.6 Å². The molecule has 0 radical (unpaired) electrons. The van der Waals surface area contributed by atoms with Crippen molar-refractivity contribution in [2.75, 3.05) is 29.9 Å². The Balaban J connectivity index is 1.39. The first-order chi connectivity index (χ1) is 16.7. The quantitative estimate of drug-likeness (QED) is 0.523. The number of carbonyl (C=O) groups excluding carboxylic acids is 2. The Morgan fingerprint density at radius 3 is 2.43 bits per heavy atom. The first kappa shape index (κ1) is 24.1. The number of amides is 2. The van der Waals surface area contributed by atoms with Gasteiger partial charge in [-0.2, -0.15) is 0 Å². The van der Waals surface area contributed by atoms with Gasteiger partial charge in [-0.25, -0.2) is 4.98 Å². The number of primary amides is 1. The van der Waals surface area contributed by atoms with E-state index in [2.05, 4.69) is 15.0 Å². The van der Waals surface area contributed by atoms with Crippen LogP contribution in [0.2, 0.25) is 0 Å². The number of fused-ring (bicyclic) bond motifs is 1. The molecule has 3 N–H and O–H groups in total. The number of alkyl halides is 3. The molecular formula is C24H23F3N4O4. The van der Waals surface area contributed by atoms with Crippen molar-refractivity contribution in [1.29, 1.82) is 0 Å². The zero-order valence-corrected chi connectivity index (χ0v) is 18.5. The number of nitrogens with one attached hydrogen (secondary N) is 1. The summed E-state index contributed by atoms with van der Waals surface area (Å²) in [4.78, 5) is 30.5. The van der Waals surface area contributed by atoms with Crippen LogP contribution in [0.4, 0.5) is 24.7 Å². The molecule has 1 aliphatic heterocycles. The Hall–Kier alpha value is -4.02. The number of benzene rings is 2. The van der Waals surface area contributed by atoms with Crippen LogP contribution >= 0.6 is 0 Å². The van der Waals surface area contributed by atoms with Gasteiger partial charge < -0.3 is 25.4 Å². The lowest BCUT2D eigenvalue weighted by atomic mass is 9.96. The molecule has 35 heavy (non-hydrogen) atoms. The molecule has 11 heteroatoms. The van der Waals surface area contributed by atoms with E-state index in [1.807, 2.05) is 18.2 Å². The van der Waals surface area contributed by atoms with Crippen LogP contribution in [0.3, 0.4) is 0 Å². The molecule has 0 aliphatic carbocycles. The number of halogens is 3. The first-order valence-corrected chi connectivity index (χ1v) is 10.9. The number of hydrogen-bond donors (Lipinski definition) is 2. The van der Waals surface area contributed by atoms with Gasteiger partial charge in [0.2, 0.25) is 5.91 Å². The third kappa shape index (κ3) is 6.31. The zero-order valence-electron chi connectivity index (χ0n) is 18.5. The summed E-state index contributed by atoms with van der Waals surface area (Å²) in [5.74, 6) is -0.130. The van der Waals surface area contributed by atoms with E-state index in [9.17, 15) is 22.8 Å². The predicted octanol–water partition coefficient (Wildman–Crippen LogP) is 3.85. The summed E-state index contributed by atoms with van der Waals surface area (Å²) < 4.78 is 46.3. The highest BCUT2D eigenvalue weighted by molar-refractivity contribution is 5.92. The number of anilines is 2. The van der Waals surface area contributed by atoms with Gasteiger partial charge in [0.15, 0.2) is 6.61 Å². The number of pyridine rings is 1. The lowest BCUT2D eigenvalue weighted by molar-refractivity contribution is -0.274. The van der Waals surface area contributed by atoms with Crippen LogP contribution in [0.15, 0.2) is 54.6 Å². The number of aromatic nitrogens is 1. The summed E-state index contributed by atoms with van der Waals surface area (Å²) in [6.07, 6.45) is -3.46.